The van der Waals surface area contributed by atoms with Crippen molar-refractivity contribution >= 4 is 39.2 Å². The van der Waals surface area contributed by atoms with Crippen LogP contribution in [-0.4, -0.2) is 49.1 Å². The minimum absolute atomic E-state index is 0.0658. The van der Waals surface area contributed by atoms with Crippen LogP contribution >= 0.6 is 0 Å². The maximum Gasteiger partial charge on any atom is 0.421 e. The number of nitrogens with one attached hydrogen (secondary N) is 3. The average molecular weight is 552 g/mol. The fourth-order valence-corrected chi connectivity index (χ4v) is 3.72. The first kappa shape index (κ1) is 28.6. The first-order valence-electron chi connectivity index (χ1n) is 11.5. The van der Waals surface area contributed by atoms with Crippen LogP contribution < -0.4 is 20.3 Å². The van der Waals surface area contributed by atoms with Crippen molar-refractivity contribution < 1.29 is 26.4 Å². The molecule has 14 heteroatoms. The van der Waals surface area contributed by atoms with E-state index in [0.29, 0.717) is 29.6 Å². The molecule has 204 valence electrons. The van der Waals surface area contributed by atoms with Crippen molar-refractivity contribution in [2.45, 2.75) is 26.6 Å². The second kappa shape index (κ2) is 11.6. The van der Waals surface area contributed by atoms with Gasteiger partial charge in [0.05, 0.1) is 6.26 Å². The van der Waals surface area contributed by atoms with Gasteiger partial charge in [-0.2, -0.15) is 18.2 Å². The molecule has 0 spiro atoms. The molecule has 3 N–H and O–H groups in total. The van der Waals surface area contributed by atoms with Gasteiger partial charge in [0.2, 0.25) is 16.0 Å². The Morgan fingerprint density at radius 3 is 2.53 bits per heavy atom. The van der Waals surface area contributed by atoms with Gasteiger partial charge in [-0.15, -0.1) is 0 Å². The van der Waals surface area contributed by atoms with E-state index in [4.69, 9.17) is 0 Å². The Kier molecular flexibility index (Phi) is 8.76. The van der Waals surface area contributed by atoms with Crippen LogP contribution in [-0.2, 0) is 22.7 Å². The van der Waals surface area contributed by atoms with Crippen molar-refractivity contribution in [1.29, 1.82) is 0 Å². The van der Waals surface area contributed by atoms with Crippen LogP contribution in [0, 0.1) is 5.92 Å². The lowest BCUT2D eigenvalue weighted by atomic mass is 10.1. The summed E-state index contributed by atoms with van der Waals surface area (Å²) in [4.78, 5) is 24.2. The van der Waals surface area contributed by atoms with Gasteiger partial charge in [0, 0.05) is 49.3 Å². The summed E-state index contributed by atoms with van der Waals surface area (Å²) in [5.41, 5.74) is -0.00852. The van der Waals surface area contributed by atoms with Gasteiger partial charge in [0.1, 0.15) is 17.2 Å². The van der Waals surface area contributed by atoms with Crippen LogP contribution in [0.2, 0.25) is 0 Å². The molecule has 0 saturated heterocycles. The Hall–Kier alpha value is -3.94. The summed E-state index contributed by atoms with van der Waals surface area (Å²) in [6.07, 6.45) is -1.74. The number of anilines is 4. The Labute approximate surface area is 218 Å². The molecule has 0 aliphatic heterocycles. The van der Waals surface area contributed by atoms with Crippen LogP contribution in [0.4, 0.5) is 36.4 Å². The number of hydrogen-bond acceptors (Lipinski definition) is 8. The molecule has 3 rings (SSSR count). The number of carbonyl (C=O) groups is 1. The number of aromatic nitrogens is 3. The van der Waals surface area contributed by atoms with E-state index in [0.717, 1.165) is 10.6 Å². The quantitative estimate of drug-likeness (QED) is 0.345. The van der Waals surface area contributed by atoms with Crippen molar-refractivity contribution in [3.63, 3.8) is 0 Å². The molecule has 0 aliphatic rings. The number of halogens is 3. The standard InChI is InChI=1S/C24H28F3N7O3S/c1-15(2)12-30-22(35)16-7-5-9-18(11-16)32-23-31-14-19(24(25,26)27)20(33-23)29-13-17-8-6-10-28-21(17)34(3)38(4,36)37/h5-11,14-15H,12-13H2,1-4H3,(H,30,35)(H2,29,31,32,33). The summed E-state index contributed by atoms with van der Waals surface area (Å²) in [6.45, 7) is 4.22. The maximum atomic E-state index is 13.7. The minimum atomic E-state index is -4.75. The Balaban J connectivity index is 1.86. The molecule has 3 aromatic rings. The summed E-state index contributed by atoms with van der Waals surface area (Å²) in [7, 11) is -2.36. The van der Waals surface area contributed by atoms with Crippen LogP contribution in [0.5, 0.6) is 0 Å². The summed E-state index contributed by atoms with van der Waals surface area (Å²) < 4.78 is 65.9. The average Bonchev–Trinajstić information content (AvgIpc) is 2.84. The number of hydrogen-bond donors (Lipinski definition) is 3. The zero-order valence-electron chi connectivity index (χ0n) is 21.2. The van der Waals surface area contributed by atoms with Gasteiger partial charge in [0.15, 0.2) is 0 Å². The summed E-state index contributed by atoms with van der Waals surface area (Å²) in [6, 6.07) is 9.47. The largest absolute Gasteiger partial charge is 0.421 e. The third-order valence-corrected chi connectivity index (χ3v) is 6.42. The van der Waals surface area contributed by atoms with E-state index in [-0.39, 0.29) is 30.1 Å². The molecule has 2 heterocycles. The lowest BCUT2D eigenvalue weighted by Gasteiger charge is -2.20. The van der Waals surface area contributed by atoms with Crippen LogP contribution in [0.3, 0.4) is 0 Å². The van der Waals surface area contributed by atoms with Gasteiger partial charge in [-0.1, -0.05) is 26.0 Å². The highest BCUT2D eigenvalue weighted by molar-refractivity contribution is 7.92. The van der Waals surface area contributed by atoms with Gasteiger partial charge in [-0.3, -0.25) is 9.10 Å². The highest BCUT2D eigenvalue weighted by atomic mass is 32.2. The predicted molar refractivity (Wildman–Crippen MR) is 139 cm³/mol. The number of amides is 1. The van der Waals surface area contributed by atoms with E-state index in [1.165, 1.54) is 19.3 Å². The van der Waals surface area contributed by atoms with Crippen molar-refractivity contribution in [2.24, 2.45) is 5.92 Å². The zero-order valence-corrected chi connectivity index (χ0v) is 22.0. The van der Waals surface area contributed by atoms with Crippen LogP contribution in [0.25, 0.3) is 0 Å². The number of nitrogens with zero attached hydrogens (tertiary/aromatic N) is 4. The number of pyridine rings is 1. The first-order chi connectivity index (χ1) is 17.8. The van der Waals surface area contributed by atoms with Crippen LogP contribution in [0.1, 0.15) is 35.3 Å². The lowest BCUT2D eigenvalue weighted by Crippen LogP contribution is -2.27. The van der Waals surface area contributed by atoms with Gasteiger partial charge in [-0.05, 0) is 30.2 Å². The summed E-state index contributed by atoms with van der Waals surface area (Å²) >= 11 is 0. The zero-order chi connectivity index (χ0) is 28.1. The highest BCUT2D eigenvalue weighted by Crippen LogP contribution is 2.34. The normalized spacial score (nSPS) is 11.8. The number of carbonyl (C=O) groups excluding carboxylic acids is 1. The monoisotopic (exact) mass is 551 g/mol. The third kappa shape index (κ3) is 7.54. The van der Waals surface area contributed by atoms with Crippen molar-refractivity contribution in [2.75, 3.05) is 34.8 Å². The highest BCUT2D eigenvalue weighted by Gasteiger charge is 2.35. The fourth-order valence-electron chi connectivity index (χ4n) is 3.24. The Bertz CT molecular complexity index is 1400. The van der Waals surface area contributed by atoms with Crippen molar-refractivity contribution in [3.05, 3.63) is 65.5 Å². The molecular formula is C24H28F3N7O3S. The molecule has 38 heavy (non-hydrogen) atoms. The molecule has 0 bridgehead atoms. The van der Waals surface area contributed by atoms with E-state index >= 15 is 0 Å². The summed E-state index contributed by atoms with van der Waals surface area (Å²) in [5, 5.41) is 8.25. The van der Waals surface area contributed by atoms with E-state index in [1.54, 1.807) is 30.3 Å². The van der Waals surface area contributed by atoms with E-state index in [2.05, 4.69) is 30.9 Å². The van der Waals surface area contributed by atoms with Crippen molar-refractivity contribution in [3.8, 4) is 0 Å². The molecule has 1 aromatic carbocycles. The molecule has 0 unspecified atom stereocenters. The van der Waals surface area contributed by atoms with Gasteiger partial charge in [0.25, 0.3) is 5.91 Å². The third-order valence-electron chi connectivity index (χ3n) is 5.26. The van der Waals surface area contributed by atoms with Gasteiger partial charge >= 0.3 is 6.18 Å². The number of rotatable bonds is 10. The number of benzene rings is 1. The SMILES string of the molecule is CC(C)CNC(=O)c1cccc(Nc2ncc(C(F)(F)F)c(NCc3cccnc3N(C)S(C)(=O)=O)n2)c1. The molecule has 0 radical (unpaired) electrons. The lowest BCUT2D eigenvalue weighted by molar-refractivity contribution is -0.137. The maximum absolute atomic E-state index is 13.7. The second-order valence-electron chi connectivity index (χ2n) is 8.83. The molecule has 0 aliphatic carbocycles. The van der Waals surface area contributed by atoms with E-state index < -0.39 is 27.6 Å². The van der Waals surface area contributed by atoms with E-state index in [1.807, 2.05) is 13.8 Å². The molecule has 0 atom stereocenters. The predicted octanol–water partition coefficient (Wildman–Crippen LogP) is 4.03. The summed E-state index contributed by atoms with van der Waals surface area (Å²) in [5.74, 6) is -0.612. The van der Waals surface area contributed by atoms with Gasteiger partial charge in [-0.25, -0.2) is 18.4 Å². The molecule has 1 amide bonds. The molecular weight excluding hydrogens is 523 g/mol. The van der Waals surface area contributed by atoms with E-state index in [9.17, 15) is 26.4 Å². The second-order valence-corrected chi connectivity index (χ2v) is 10.8. The number of alkyl halides is 3. The molecule has 0 saturated carbocycles. The Morgan fingerprint density at radius 1 is 1.13 bits per heavy atom. The molecule has 2 aromatic heterocycles. The van der Waals surface area contributed by atoms with Crippen molar-refractivity contribution in [1.82, 2.24) is 20.3 Å². The van der Waals surface area contributed by atoms with Crippen LogP contribution in [0.15, 0.2) is 48.8 Å². The first-order valence-corrected chi connectivity index (χ1v) is 13.3. The number of sulfonamides is 1. The fraction of sp³-hybridized carbons (Fsp3) is 0.333. The smallest absolute Gasteiger partial charge is 0.365 e. The molecule has 10 nitrogen and oxygen atoms in total. The topological polar surface area (TPSA) is 129 Å². The Morgan fingerprint density at radius 2 is 1.87 bits per heavy atom. The van der Waals surface area contributed by atoms with Gasteiger partial charge < -0.3 is 16.0 Å². The molecule has 0 fully saturated rings. The minimum Gasteiger partial charge on any atom is -0.365 e.